The Bertz CT molecular complexity index is 648. The minimum Gasteiger partial charge on any atom is -0.399 e. The van der Waals surface area contributed by atoms with Crippen molar-refractivity contribution in [3.63, 3.8) is 0 Å². The smallest absolute Gasteiger partial charge is 0.399 e. The highest BCUT2D eigenvalue weighted by molar-refractivity contribution is 6.62. The molecule has 3 heterocycles. The summed E-state index contributed by atoms with van der Waals surface area (Å²) in [5.41, 5.74) is 0.434. The number of hydrogen-bond acceptors (Lipinski definition) is 4. The van der Waals surface area contributed by atoms with Crippen LogP contribution in [0.15, 0.2) is 18.3 Å². The van der Waals surface area contributed by atoms with Gasteiger partial charge in [-0.25, -0.2) is 8.78 Å². The minimum atomic E-state index is -2.77. The van der Waals surface area contributed by atoms with Gasteiger partial charge < -0.3 is 14.2 Å². The van der Waals surface area contributed by atoms with Gasteiger partial charge in [-0.3, -0.25) is 9.78 Å². The van der Waals surface area contributed by atoms with Crippen LogP contribution in [0.5, 0.6) is 0 Å². The van der Waals surface area contributed by atoms with Gasteiger partial charge in [0.05, 0.1) is 24.2 Å². The molecule has 8 heteroatoms. The van der Waals surface area contributed by atoms with Crippen molar-refractivity contribution in [1.29, 1.82) is 0 Å². The fourth-order valence-corrected chi connectivity index (χ4v) is 2.87. The number of alkyl halides is 2. The number of rotatable bonds is 3. The van der Waals surface area contributed by atoms with Crippen LogP contribution in [0.4, 0.5) is 8.78 Å². The molecule has 3 rings (SSSR count). The van der Waals surface area contributed by atoms with Crippen LogP contribution >= 0.6 is 0 Å². The molecule has 0 radical (unpaired) electrons. The van der Waals surface area contributed by atoms with E-state index < -0.39 is 30.8 Å². The number of hydrogen-bond donors (Lipinski definition) is 0. The SMILES string of the molecule is CC1(C)OB(c2ccc(CC(=O)N3CCC(F)(F)C3)nc2)OC1(C)C. The minimum absolute atomic E-state index is 0.0136. The maximum Gasteiger partial charge on any atom is 0.496 e. The Labute approximate surface area is 146 Å². The molecule has 0 aliphatic carbocycles. The van der Waals surface area contributed by atoms with Crippen molar-refractivity contribution in [3.05, 3.63) is 24.0 Å². The zero-order valence-electron chi connectivity index (χ0n) is 15.0. The molecule has 0 aromatic carbocycles. The van der Waals surface area contributed by atoms with Crippen LogP contribution in [0.25, 0.3) is 0 Å². The Morgan fingerprint density at radius 1 is 1.24 bits per heavy atom. The van der Waals surface area contributed by atoms with E-state index in [1.54, 1.807) is 18.3 Å². The van der Waals surface area contributed by atoms with Gasteiger partial charge in [0.2, 0.25) is 5.91 Å². The summed E-state index contributed by atoms with van der Waals surface area (Å²) < 4.78 is 38.3. The second-order valence-electron chi connectivity index (χ2n) is 7.77. The van der Waals surface area contributed by atoms with Crippen LogP contribution < -0.4 is 5.46 Å². The fourth-order valence-electron chi connectivity index (χ4n) is 2.87. The highest BCUT2D eigenvalue weighted by Gasteiger charge is 2.51. The van der Waals surface area contributed by atoms with Crippen molar-refractivity contribution in [2.45, 2.75) is 57.7 Å². The van der Waals surface area contributed by atoms with Gasteiger partial charge in [-0.1, -0.05) is 6.07 Å². The van der Waals surface area contributed by atoms with Gasteiger partial charge in [-0.05, 0) is 33.8 Å². The molecule has 0 N–H and O–H groups in total. The lowest BCUT2D eigenvalue weighted by Crippen LogP contribution is -2.41. The fraction of sp³-hybridized carbons (Fsp3) is 0.647. The first-order chi connectivity index (χ1) is 11.5. The van der Waals surface area contributed by atoms with Crippen LogP contribution in [-0.4, -0.2) is 53.1 Å². The molecule has 0 atom stereocenters. The molecule has 136 valence electrons. The third-order valence-corrected chi connectivity index (χ3v) is 5.23. The molecule has 1 aromatic heterocycles. The Morgan fingerprint density at radius 3 is 2.36 bits per heavy atom. The number of aromatic nitrogens is 1. The Morgan fingerprint density at radius 2 is 1.88 bits per heavy atom. The predicted octanol–water partition coefficient (Wildman–Crippen LogP) is 1.79. The number of carbonyl (C=O) groups excluding carboxylic acids is 1. The van der Waals surface area contributed by atoms with E-state index in [0.29, 0.717) is 5.69 Å². The number of carbonyl (C=O) groups is 1. The molecule has 1 amide bonds. The molecule has 0 bridgehead atoms. The third-order valence-electron chi connectivity index (χ3n) is 5.23. The summed E-state index contributed by atoms with van der Waals surface area (Å²) in [7, 11) is -0.514. The summed E-state index contributed by atoms with van der Waals surface area (Å²) in [5, 5.41) is 0. The molecule has 0 unspecified atom stereocenters. The van der Waals surface area contributed by atoms with Gasteiger partial charge in [-0.2, -0.15) is 0 Å². The lowest BCUT2D eigenvalue weighted by molar-refractivity contribution is -0.131. The van der Waals surface area contributed by atoms with Crippen molar-refractivity contribution < 1.29 is 22.9 Å². The molecular formula is C17H23BF2N2O3. The summed E-state index contributed by atoms with van der Waals surface area (Å²) in [4.78, 5) is 17.6. The van der Waals surface area contributed by atoms with Crippen molar-refractivity contribution in [2.75, 3.05) is 13.1 Å². The maximum atomic E-state index is 13.2. The number of nitrogens with zero attached hydrogens (tertiary/aromatic N) is 2. The second-order valence-corrected chi connectivity index (χ2v) is 7.77. The first-order valence-corrected chi connectivity index (χ1v) is 8.45. The number of pyridine rings is 1. The summed E-state index contributed by atoms with van der Waals surface area (Å²) in [6.07, 6.45) is 1.36. The van der Waals surface area contributed by atoms with E-state index in [2.05, 4.69) is 4.98 Å². The largest absolute Gasteiger partial charge is 0.496 e. The normalized spacial score (nSPS) is 23.9. The molecule has 2 aliphatic rings. The van der Waals surface area contributed by atoms with Crippen molar-refractivity contribution in [1.82, 2.24) is 9.88 Å². The monoisotopic (exact) mass is 352 g/mol. The van der Waals surface area contributed by atoms with Gasteiger partial charge in [0.1, 0.15) is 0 Å². The molecule has 5 nitrogen and oxygen atoms in total. The van der Waals surface area contributed by atoms with Crippen molar-refractivity contribution in [2.24, 2.45) is 0 Å². The van der Waals surface area contributed by atoms with E-state index in [-0.39, 0.29) is 25.3 Å². The van der Waals surface area contributed by atoms with Gasteiger partial charge in [-0.15, -0.1) is 0 Å². The molecule has 25 heavy (non-hydrogen) atoms. The zero-order valence-corrected chi connectivity index (χ0v) is 15.0. The Kier molecular flexibility index (Phi) is 4.40. The van der Waals surface area contributed by atoms with Gasteiger partial charge in [0.15, 0.2) is 0 Å². The van der Waals surface area contributed by atoms with Crippen LogP contribution in [0.1, 0.15) is 39.8 Å². The molecule has 0 spiro atoms. The maximum absolute atomic E-state index is 13.2. The van der Waals surface area contributed by atoms with Crippen LogP contribution in [0, 0.1) is 0 Å². The zero-order chi connectivity index (χ0) is 18.5. The Hall–Kier alpha value is -1.54. The van der Waals surface area contributed by atoms with Crippen molar-refractivity contribution >= 4 is 18.5 Å². The highest BCUT2D eigenvalue weighted by atomic mass is 19.3. The van der Waals surface area contributed by atoms with Gasteiger partial charge in [0.25, 0.3) is 5.92 Å². The first kappa shape index (κ1) is 18.3. The number of likely N-dealkylation sites (tertiary alicyclic amines) is 1. The van der Waals surface area contributed by atoms with Crippen LogP contribution in [-0.2, 0) is 20.5 Å². The van der Waals surface area contributed by atoms with Gasteiger partial charge >= 0.3 is 7.12 Å². The summed E-state index contributed by atoms with van der Waals surface area (Å²) in [6, 6.07) is 3.52. The van der Waals surface area contributed by atoms with Crippen molar-refractivity contribution in [3.8, 4) is 0 Å². The third kappa shape index (κ3) is 3.69. The molecule has 0 saturated carbocycles. The standard InChI is InChI=1S/C17H23BF2N2O3/c1-15(2)16(3,4)25-18(24-15)12-5-6-13(21-10-12)9-14(23)22-8-7-17(19,20)11-22/h5-6,10H,7-9,11H2,1-4H3. The second kappa shape index (κ2) is 6.02. The molecule has 1 aromatic rings. The average Bonchev–Trinajstić information content (AvgIpc) is 2.96. The van der Waals surface area contributed by atoms with E-state index >= 15 is 0 Å². The van der Waals surface area contributed by atoms with E-state index in [4.69, 9.17) is 9.31 Å². The molecular weight excluding hydrogens is 329 g/mol. The van der Waals surface area contributed by atoms with Gasteiger partial charge in [0, 0.05) is 30.3 Å². The molecule has 2 aliphatic heterocycles. The molecule has 2 saturated heterocycles. The predicted molar refractivity (Wildman–Crippen MR) is 89.8 cm³/mol. The van der Waals surface area contributed by atoms with E-state index in [1.807, 2.05) is 27.7 Å². The number of amides is 1. The average molecular weight is 352 g/mol. The number of halogens is 2. The quantitative estimate of drug-likeness (QED) is 0.779. The molecule has 2 fully saturated rings. The highest BCUT2D eigenvalue weighted by Crippen LogP contribution is 2.36. The topological polar surface area (TPSA) is 51.7 Å². The lowest BCUT2D eigenvalue weighted by Gasteiger charge is -2.32. The van der Waals surface area contributed by atoms with Crippen LogP contribution in [0.2, 0.25) is 0 Å². The van der Waals surface area contributed by atoms with E-state index in [0.717, 1.165) is 5.46 Å². The Balaban J connectivity index is 1.63. The first-order valence-electron chi connectivity index (χ1n) is 8.45. The van der Waals surface area contributed by atoms with Crippen LogP contribution in [0.3, 0.4) is 0 Å². The van der Waals surface area contributed by atoms with E-state index in [1.165, 1.54) is 4.90 Å². The summed E-state index contributed by atoms with van der Waals surface area (Å²) >= 11 is 0. The summed E-state index contributed by atoms with van der Waals surface area (Å²) in [5.74, 6) is -3.10. The summed E-state index contributed by atoms with van der Waals surface area (Å²) in [6.45, 7) is 7.48. The van der Waals surface area contributed by atoms with E-state index in [9.17, 15) is 13.6 Å². The lowest BCUT2D eigenvalue weighted by atomic mass is 9.80.